The molecule has 2 rings (SSSR count). The van der Waals surface area contributed by atoms with Gasteiger partial charge in [0.25, 0.3) is 0 Å². The van der Waals surface area contributed by atoms with Gasteiger partial charge < -0.3 is 9.64 Å². The monoisotopic (exact) mass is 234 g/mol. The summed E-state index contributed by atoms with van der Waals surface area (Å²) in [6.45, 7) is 4.81. The molecule has 0 radical (unpaired) electrons. The third-order valence-corrected chi connectivity index (χ3v) is 3.26. The Balaban J connectivity index is 2.28. The molecule has 1 aliphatic rings. The molecule has 0 aliphatic carbocycles. The van der Waals surface area contributed by atoms with Gasteiger partial charge in [-0.2, -0.15) is 0 Å². The van der Waals surface area contributed by atoms with Crippen molar-refractivity contribution in [2.45, 2.75) is 32.2 Å². The quantitative estimate of drug-likeness (QED) is 0.798. The Morgan fingerprint density at radius 1 is 1.41 bits per heavy atom. The van der Waals surface area contributed by atoms with Crippen LogP contribution in [0, 0.1) is 0 Å². The summed E-state index contributed by atoms with van der Waals surface area (Å²) in [4.78, 5) is 6.96. The summed E-state index contributed by atoms with van der Waals surface area (Å²) in [5.74, 6) is 0.545. The summed E-state index contributed by atoms with van der Waals surface area (Å²) in [5, 5.41) is 0. The molecule has 0 aromatic carbocycles. The Morgan fingerprint density at radius 2 is 2.24 bits per heavy atom. The van der Waals surface area contributed by atoms with Crippen molar-refractivity contribution in [2.75, 3.05) is 27.3 Å². The molecule has 1 unspecified atom stereocenters. The largest absolute Gasteiger partial charge is 0.381 e. The zero-order chi connectivity index (χ0) is 12.3. The van der Waals surface area contributed by atoms with Gasteiger partial charge in [-0.1, -0.05) is 13.0 Å². The SMILES string of the molecule is CCc1ccc(C2CCOC2)c(CN(C)C)n1. The van der Waals surface area contributed by atoms with E-state index in [-0.39, 0.29) is 0 Å². The fraction of sp³-hybridized carbons (Fsp3) is 0.643. The Labute approximate surface area is 104 Å². The Morgan fingerprint density at radius 3 is 2.82 bits per heavy atom. The molecular formula is C14H22N2O. The zero-order valence-electron chi connectivity index (χ0n) is 11.1. The molecule has 0 saturated carbocycles. The van der Waals surface area contributed by atoms with E-state index in [1.165, 1.54) is 17.0 Å². The van der Waals surface area contributed by atoms with Crippen LogP contribution in [0.15, 0.2) is 12.1 Å². The maximum Gasteiger partial charge on any atom is 0.0582 e. The summed E-state index contributed by atoms with van der Waals surface area (Å²) in [7, 11) is 4.18. The van der Waals surface area contributed by atoms with Crippen LogP contribution in [-0.4, -0.2) is 37.2 Å². The van der Waals surface area contributed by atoms with Crippen molar-refractivity contribution in [3.05, 3.63) is 29.1 Å². The predicted octanol–water partition coefficient (Wildman–Crippen LogP) is 2.21. The van der Waals surface area contributed by atoms with Gasteiger partial charge in [-0.25, -0.2) is 0 Å². The van der Waals surface area contributed by atoms with Crippen LogP contribution < -0.4 is 0 Å². The van der Waals surface area contributed by atoms with Crippen LogP contribution in [0.5, 0.6) is 0 Å². The first kappa shape index (κ1) is 12.5. The molecule has 1 aromatic heterocycles. The molecule has 3 heteroatoms. The van der Waals surface area contributed by atoms with Crippen molar-refractivity contribution < 1.29 is 4.74 Å². The van der Waals surface area contributed by atoms with Gasteiger partial charge in [0.2, 0.25) is 0 Å². The van der Waals surface area contributed by atoms with E-state index in [0.717, 1.165) is 32.6 Å². The average Bonchev–Trinajstić information content (AvgIpc) is 2.81. The van der Waals surface area contributed by atoms with Gasteiger partial charge in [-0.15, -0.1) is 0 Å². The molecule has 2 heterocycles. The van der Waals surface area contributed by atoms with Gasteiger partial charge in [0, 0.05) is 24.8 Å². The molecule has 17 heavy (non-hydrogen) atoms. The predicted molar refractivity (Wildman–Crippen MR) is 69.2 cm³/mol. The van der Waals surface area contributed by atoms with E-state index in [1.807, 2.05) is 0 Å². The van der Waals surface area contributed by atoms with E-state index in [0.29, 0.717) is 5.92 Å². The van der Waals surface area contributed by atoms with Crippen LogP contribution in [0.2, 0.25) is 0 Å². The van der Waals surface area contributed by atoms with E-state index < -0.39 is 0 Å². The molecule has 1 aliphatic heterocycles. The second-order valence-corrected chi connectivity index (χ2v) is 4.99. The van der Waals surface area contributed by atoms with Crippen LogP contribution in [0.4, 0.5) is 0 Å². The summed E-state index contributed by atoms with van der Waals surface area (Å²) in [5.41, 5.74) is 3.79. The van der Waals surface area contributed by atoms with Crippen molar-refractivity contribution in [2.24, 2.45) is 0 Å². The second kappa shape index (κ2) is 5.61. The molecule has 1 fully saturated rings. The molecule has 0 amide bonds. The molecule has 0 N–H and O–H groups in total. The zero-order valence-corrected chi connectivity index (χ0v) is 11.1. The van der Waals surface area contributed by atoms with Crippen LogP contribution in [0.25, 0.3) is 0 Å². The Hall–Kier alpha value is -0.930. The second-order valence-electron chi connectivity index (χ2n) is 4.99. The minimum absolute atomic E-state index is 0.545. The summed E-state index contributed by atoms with van der Waals surface area (Å²) in [6, 6.07) is 4.41. The number of ether oxygens (including phenoxy) is 1. The van der Waals surface area contributed by atoms with E-state index in [9.17, 15) is 0 Å². The van der Waals surface area contributed by atoms with Crippen LogP contribution in [0.3, 0.4) is 0 Å². The first-order valence-corrected chi connectivity index (χ1v) is 6.42. The standard InChI is InChI=1S/C14H22N2O/c1-4-12-5-6-13(11-7-8-17-10-11)14(15-12)9-16(2)3/h5-6,11H,4,7-10H2,1-3H3. The number of aromatic nitrogens is 1. The minimum atomic E-state index is 0.545. The normalized spacial score (nSPS) is 20.1. The number of aryl methyl sites for hydroxylation is 1. The lowest BCUT2D eigenvalue weighted by molar-refractivity contribution is 0.193. The molecule has 94 valence electrons. The highest BCUT2D eigenvalue weighted by molar-refractivity contribution is 5.27. The van der Waals surface area contributed by atoms with Crippen LogP contribution in [-0.2, 0) is 17.7 Å². The molecule has 3 nitrogen and oxygen atoms in total. The number of rotatable bonds is 4. The lowest BCUT2D eigenvalue weighted by atomic mass is 9.96. The van der Waals surface area contributed by atoms with Crippen LogP contribution in [0.1, 0.15) is 36.2 Å². The minimum Gasteiger partial charge on any atom is -0.381 e. The third kappa shape index (κ3) is 3.05. The van der Waals surface area contributed by atoms with E-state index >= 15 is 0 Å². The van der Waals surface area contributed by atoms with Crippen molar-refractivity contribution in [3.8, 4) is 0 Å². The van der Waals surface area contributed by atoms with E-state index in [1.54, 1.807) is 0 Å². The molecule has 0 bridgehead atoms. The number of hydrogen-bond donors (Lipinski definition) is 0. The lowest BCUT2D eigenvalue weighted by Gasteiger charge is -2.17. The fourth-order valence-corrected chi connectivity index (χ4v) is 2.33. The highest BCUT2D eigenvalue weighted by atomic mass is 16.5. The molecule has 1 saturated heterocycles. The van der Waals surface area contributed by atoms with Crippen molar-refractivity contribution in [1.29, 1.82) is 0 Å². The maximum absolute atomic E-state index is 5.49. The summed E-state index contributed by atoms with van der Waals surface area (Å²) in [6.07, 6.45) is 2.13. The van der Waals surface area contributed by atoms with Gasteiger partial charge in [0.05, 0.1) is 12.3 Å². The van der Waals surface area contributed by atoms with Crippen molar-refractivity contribution in [3.63, 3.8) is 0 Å². The molecule has 1 atom stereocenters. The third-order valence-electron chi connectivity index (χ3n) is 3.26. The first-order valence-electron chi connectivity index (χ1n) is 6.42. The number of hydrogen-bond acceptors (Lipinski definition) is 3. The van der Waals surface area contributed by atoms with Gasteiger partial charge in [0.1, 0.15) is 0 Å². The molecule has 1 aromatic rings. The molecule has 0 spiro atoms. The smallest absolute Gasteiger partial charge is 0.0582 e. The van der Waals surface area contributed by atoms with Gasteiger partial charge in [0.15, 0.2) is 0 Å². The summed E-state index contributed by atoms with van der Waals surface area (Å²) >= 11 is 0. The highest BCUT2D eigenvalue weighted by Gasteiger charge is 2.21. The van der Waals surface area contributed by atoms with Crippen molar-refractivity contribution >= 4 is 0 Å². The van der Waals surface area contributed by atoms with Crippen molar-refractivity contribution in [1.82, 2.24) is 9.88 Å². The van der Waals surface area contributed by atoms with Gasteiger partial charge in [-0.05, 0) is 38.6 Å². The van der Waals surface area contributed by atoms with Gasteiger partial charge >= 0.3 is 0 Å². The maximum atomic E-state index is 5.49. The number of pyridine rings is 1. The van der Waals surface area contributed by atoms with E-state index in [4.69, 9.17) is 9.72 Å². The Kier molecular flexibility index (Phi) is 4.13. The fourth-order valence-electron chi connectivity index (χ4n) is 2.33. The average molecular weight is 234 g/mol. The highest BCUT2D eigenvalue weighted by Crippen LogP contribution is 2.28. The summed E-state index contributed by atoms with van der Waals surface area (Å²) < 4.78 is 5.49. The topological polar surface area (TPSA) is 25.4 Å². The number of nitrogens with zero attached hydrogens (tertiary/aromatic N) is 2. The Bertz CT molecular complexity index is 370. The lowest BCUT2D eigenvalue weighted by Crippen LogP contribution is -2.16. The van der Waals surface area contributed by atoms with Crippen LogP contribution >= 0.6 is 0 Å². The van der Waals surface area contributed by atoms with Gasteiger partial charge in [-0.3, -0.25) is 4.98 Å². The molecular weight excluding hydrogens is 212 g/mol. The first-order chi connectivity index (χ1) is 8.20. The van der Waals surface area contributed by atoms with E-state index in [2.05, 4.69) is 38.1 Å².